The van der Waals surface area contributed by atoms with Crippen molar-refractivity contribution in [1.82, 2.24) is 15.0 Å². The van der Waals surface area contributed by atoms with Gasteiger partial charge in [-0.25, -0.2) is 4.68 Å². The number of aromatic nitrogens is 3. The lowest BCUT2D eigenvalue weighted by atomic mass is 9.69. The quantitative estimate of drug-likeness (QED) is 0.678. The van der Waals surface area contributed by atoms with Crippen molar-refractivity contribution < 1.29 is 15.0 Å². The van der Waals surface area contributed by atoms with Crippen molar-refractivity contribution in [2.45, 2.75) is 53.7 Å². The average molecular weight is 381 g/mol. The van der Waals surface area contributed by atoms with Crippen LogP contribution in [0.1, 0.15) is 54.5 Å². The Kier molecular flexibility index (Phi) is 5.26. The minimum absolute atomic E-state index is 0.0806. The van der Waals surface area contributed by atoms with Gasteiger partial charge in [0, 0.05) is 12.5 Å². The smallest absolute Gasteiger partial charge is 0.310 e. The molecular formula is C22H27N3O3. The summed E-state index contributed by atoms with van der Waals surface area (Å²) >= 11 is 0. The Balaban J connectivity index is 2.27. The van der Waals surface area contributed by atoms with Gasteiger partial charge in [-0.15, -0.1) is 5.10 Å². The molecule has 1 heterocycles. The maximum Gasteiger partial charge on any atom is 0.310 e. The molecular weight excluding hydrogens is 354 g/mol. The van der Waals surface area contributed by atoms with Crippen LogP contribution in [0.2, 0.25) is 0 Å². The van der Waals surface area contributed by atoms with Gasteiger partial charge in [-0.05, 0) is 68.5 Å². The predicted molar refractivity (Wildman–Crippen MR) is 108 cm³/mol. The molecule has 1 aromatic heterocycles. The number of carboxylic acid groups (broad SMARTS) is 1. The molecule has 0 fully saturated rings. The second-order valence-electron chi connectivity index (χ2n) is 7.86. The van der Waals surface area contributed by atoms with Crippen molar-refractivity contribution >= 4 is 17.0 Å². The van der Waals surface area contributed by atoms with Crippen LogP contribution >= 0.6 is 0 Å². The molecule has 0 saturated carbocycles. The molecule has 3 rings (SSSR count). The Hall–Kier alpha value is -2.73. The third kappa shape index (κ3) is 3.18. The van der Waals surface area contributed by atoms with E-state index in [4.69, 9.17) is 0 Å². The highest BCUT2D eigenvalue weighted by Gasteiger charge is 2.40. The van der Waals surface area contributed by atoms with Crippen molar-refractivity contribution in [3.63, 3.8) is 0 Å². The number of aliphatic hydroxyl groups is 1. The van der Waals surface area contributed by atoms with Crippen LogP contribution in [0.15, 0.2) is 30.3 Å². The van der Waals surface area contributed by atoms with Gasteiger partial charge in [-0.1, -0.05) is 29.5 Å². The number of aryl methyl sites for hydroxylation is 3. The first-order chi connectivity index (χ1) is 13.2. The molecule has 1 unspecified atom stereocenters. The number of hydrogen-bond donors (Lipinski definition) is 2. The molecule has 0 aliphatic rings. The van der Waals surface area contributed by atoms with Gasteiger partial charge >= 0.3 is 5.97 Å². The van der Waals surface area contributed by atoms with Gasteiger partial charge in [0.25, 0.3) is 0 Å². The minimum atomic E-state index is -1.05. The van der Waals surface area contributed by atoms with Gasteiger partial charge < -0.3 is 10.2 Å². The molecule has 2 aromatic carbocycles. The summed E-state index contributed by atoms with van der Waals surface area (Å²) in [6.07, 6.45) is 0. The number of fused-ring (bicyclic) bond motifs is 1. The third-order valence-corrected chi connectivity index (χ3v) is 5.74. The number of benzene rings is 2. The zero-order valence-corrected chi connectivity index (χ0v) is 17.0. The summed E-state index contributed by atoms with van der Waals surface area (Å²) in [5.74, 6) is -1.27. The van der Waals surface area contributed by atoms with Crippen molar-refractivity contribution in [3.05, 3.63) is 58.1 Å². The Bertz CT molecular complexity index is 1040. The van der Waals surface area contributed by atoms with E-state index >= 15 is 0 Å². The second-order valence-corrected chi connectivity index (χ2v) is 7.86. The number of rotatable bonds is 6. The third-order valence-electron chi connectivity index (χ3n) is 5.74. The summed E-state index contributed by atoms with van der Waals surface area (Å²) in [4.78, 5) is 12.2. The molecule has 0 aliphatic carbocycles. The van der Waals surface area contributed by atoms with E-state index in [2.05, 4.69) is 10.3 Å². The molecule has 28 heavy (non-hydrogen) atoms. The van der Waals surface area contributed by atoms with Crippen LogP contribution in [0.25, 0.3) is 11.0 Å². The van der Waals surface area contributed by atoms with Gasteiger partial charge in [0.2, 0.25) is 0 Å². The zero-order chi connectivity index (χ0) is 20.6. The fraction of sp³-hybridized carbons (Fsp3) is 0.409. The molecule has 3 aromatic rings. The van der Waals surface area contributed by atoms with Crippen LogP contribution in [0.5, 0.6) is 0 Å². The summed E-state index contributed by atoms with van der Waals surface area (Å²) in [5.41, 5.74) is 5.18. The summed E-state index contributed by atoms with van der Waals surface area (Å²) in [6.45, 7) is 10.0. The predicted octanol–water partition coefficient (Wildman–Crippen LogP) is 3.80. The van der Waals surface area contributed by atoms with Crippen molar-refractivity contribution in [2.24, 2.45) is 5.41 Å². The molecule has 0 radical (unpaired) electrons. The fourth-order valence-corrected chi connectivity index (χ4v) is 3.88. The van der Waals surface area contributed by atoms with Crippen LogP contribution in [0.4, 0.5) is 0 Å². The molecule has 2 N–H and O–H groups in total. The summed E-state index contributed by atoms with van der Waals surface area (Å²) < 4.78 is 1.83. The topological polar surface area (TPSA) is 88.2 Å². The second kappa shape index (κ2) is 7.36. The molecule has 1 atom stereocenters. The Morgan fingerprint density at radius 3 is 2.54 bits per heavy atom. The first-order valence-electron chi connectivity index (χ1n) is 9.48. The molecule has 0 bridgehead atoms. The van der Waals surface area contributed by atoms with E-state index in [0.29, 0.717) is 0 Å². The monoisotopic (exact) mass is 381 g/mol. The van der Waals surface area contributed by atoms with Gasteiger partial charge in [0.15, 0.2) is 0 Å². The standard InChI is InChI=1S/C22H27N3O3/c1-6-25-18-10-9-17(14(3)20(18)23-24-25)19(22(4,5)21(27)28)15-8-7-13(2)16(11-15)12-26/h7-11,19,26H,6,12H2,1-5H3,(H,27,28). The van der Waals surface area contributed by atoms with Crippen LogP contribution in [-0.2, 0) is 17.9 Å². The highest BCUT2D eigenvalue weighted by Crippen LogP contribution is 2.44. The number of aliphatic carboxylic acids is 1. The molecule has 0 amide bonds. The van der Waals surface area contributed by atoms with E-state index in [1.165, 1.54) is 0 Å². The molecule has 6 heteroatoms. The molecule has 0 saturated heterocycles. The number of carbonyl (C=O) groups is 1. The Morgan fingerprint density at radius 2 is 1.93 bits per heavy atom. The van der Waals surface area contributed by atoms with Crippen molar-refractivity contribution in [3.8, 4) is 0 Å². The van der Waals surface area contributed by atoms with E-state index in [9.17, 15) is 15.0 Å². The summed E-state index contributed by atoms with van der Waals surface area (Å²) in [6, 6.07) is 9.76. The molecule has 0 spiro atoms. The lowest BCUT2D eigenvalue weighted by Crippen LogP contribution is -2.32. The van der Waals surface area contributed by atoms with Crippen molar-refractivity contribution in [2.75, 3.05) is 0 Å². The van der Waals surface area contributed by atoms with Crippen LogP contribution in [-0.4, -0.2) is 31.2 Å². The van der Waals surface area contributed by atoms with Gasteiger partial charge in [-0.2, -0.15) is 0 Å². The highest BCUT2D eigenvalue weighted by atomic mass is 16.4. The summed E-state index contributed by atoms with van der Waals surface area (Å²) in [7, 11) is 0. The van der Waals surface area contributed by atoms with Gasteiger partial charge in [-0.3, -0.25) is 4.79 Å². The lowest BCUT2D eigenvalue weighted by molar-refractivity contribution is -0.147. The molecule has 0 aliphatic heterocycles. The van der Waals surface area contributed by atoms with E-state index in [0.717, 1.165) is 45.4 Å². The zero-order valence-electron chi connectivity index (χ0n) is 17.0. The Morgan fingerprint density at radius 1 is 1.21 bits per heavy atom. The highest BCUT2D eigenvalue weighted by molar-refractivity contribution is 5.81. The largest absolute Gasteiger partial charge is 0.481 e. The normalized spacial score (nSPS) is 13.1. The minimum Gasteiger partial charge on any atom is -0.481 e. The number of carboxylic acids is 1. The maximum absolute atomic E-state index is 12.2. The van der Waals surface area contributed by atoms with Crippen LogP contribution in [0.3, 0.4) is 0 Å². The molecule has 6 nitrogen and oxygen atoms in total. The fourth-order valence-electron chi connectivity index (χ4n) is 3.88. The number of aliphatic hydroxyl groups excluding tert-OH is 1. The van der Waals surface area contributed by atoms with E-state index in [1.807, 2.05) is 55.8 Å². The summed E-state index contributed by atoms with van der Waals surface area (Å²) in [5, 5.41) is 28.2. The van der Waals surface area contributed by atoms with E-state index < -0.39 is 17.3 Å². The van der Waals surface area contributed by atoms with Crippen LogP contribution in [0, 0.1) is 19.3 Å². The number of hydrogen-bond acceptors (Lipinski definition) is 4. The first kappa shape index (κ1) is 20.0. The van der Waals surface area contributed by atoms with Crippen LogP contribution < -0.4 is 0 Å². The Labute approximate surface area is 164 Å². The first-order valence-corrected chi connectivity index (χ1v) is 9.48. The van der Waals surface area contributed by atoms with E-state index in [1.54, 1.807) is 13.8 Å². The van der Waals surface area contributed by atoms with E-state index in [-0.39, 0.29) is 6.61 Å². The van der Waals surface area contributed by atoms with Gasteiger partial charge in [0.1, 0.15) is 5.52 Å². The number of nitrogens with zero attached hydrogens (tertiary/aromatic N) is 3. The lowest BCUT2D eigenvalue weighted by Gasteiger charge is -2.33. The SMILES string of the molecule is CCn1nnc2c(C)c(C(c3ccc(C)c(CO)c3)C(C)(C)C(=O)O)ccc21. The average Bonchev–Trinajstić information content (AvgIpc) is 3.08. The molecule has 148 valence electrons. The van der Waals surface area contributed by atoms with Gasteiger partial charge in [0.05, 0.1) is 17.5 Å². The maximum atomic E-state index is 12.2. The van der Waals surface area contributed by atoms with Crippen molar-refractivity contribution in [1.29, 1.82) is 0 Å².